The zero-order valence-corrected chi connectivity index (χ0v) is 12.3. The van der Waals surface area contributed by atoms with Gasteiger partial charge in [-0.15, -0.1) is 0 Å². The largest absolute Gasteiger partial charge is 0.373 e. The summed E-state index contributed by atoms with van der Waals surface area (Å²) in [6.45, 7) is 2.09. The van der Waals surface area contributed by atoms with Crippen LogP contribution < -0.4 is 0 Å². The van der Waals surface area contributed by atoms with E-state index in [-0.39, 0.29) is 11.4 Å². The van der Waals surface area contributed by atoms with Gasteiger partial charge in [0.1, 0.15) is 0 Å². The van der Waals surface area contributed by atoms with Crippen molar-refractivity contribution in [2.24, 2.45) is 7.05 Å². The normalized spacial score (nSPS) is 9.86. The molecule has 2 heterocycles. The van der Waals surface area contributed by atoms with Crippen LogP contribution in [0, 0.1) is 6.92 Å². The Kier molecular flexibility index (Phi) is 4.48. The second-order valence-electron chi connectivity index (χ2n) is 4.33. The van der Waals surface area contributed by atoms with E-state index in [4.69, 9.17) is 21.2 Å². The van der Waals surface area contributed by atoms with E-state index in [0.29, 0.717) is 0 Å². The summed E-state index contributed by atoms with van der Waals surface area (Å²) in [5, 5.41) is 1.46. The second kappa shape index (κ2) is 6.31. The van der Waals surface area contributed by atoms with Gasteiger partial charge in [0.15, 0.2) is 0 Å². The van der Waals surface area contributed by atoms with Crippen LogP contribution in [0.2, 0.25) is 5.28 Å². The minimum Gasteiger partial charge on any atom is -0.347 e. The van der Waals surface area contributed by atoms with E-state index in [1.807, 2.05) is 18.2 Å². The lowest BCUT2D eigenvalue weighted by atomic mass is 10.1. The van der Waals surface area contributed by atoms with E-state index in [2.05, 4.69) is 40.6 Å². The summed E-state index contributed by atoms with van der Waals surface area (Å²) in [5.41, 5.74) is 4.35. The zero-order valence-electron chi connectivity index (χ0n) is 11.5. The molecule has 3 rings (SSSR count). The quantitative estimate of drug-likeness (QED) is 0.648. The van der Waals surface area contributed by atoms with Crippen LogP contribution in [0.1, 0.15) is 5.69 Å². The van der Waals surface area contributed by atoms with Gasteiger partial charge in [-0.05, 0) is 30.7 Å². The summed E-state index contributed by atoms with van der Waals surface area (Å²) in [6, 6.07) is 10.2. The standard InChI is InChI=1S/C14H12ClN3.CO2/c1-9-13(11-7-8-16-14(15)17-11)10-5-3-4-6-12(10)18(9)2;2-1-3/h3-8H,1-2H3;. The molecule has 2 aromatic heterocycles. The number of benzene rings is 1. The lowest BCUT2D eigenvalue weighted by molar-refractivity contribution is -0.191. The van der Waals surface area contributed by atoms with Gasteiger partial charge in [0, 0.05) is 35.4 Å². The maximum atomic E-state index is 8.12. The molecule has 6 heteroatoms. The number of halogens is 1. The third-order valence-corrected chi connectivity index (χ3v) is 3.46. The number of fused-ring (bicyclic) bond motifs is 1. The predicted molar refractivity (Wildman–Crippen MR) is 78.7 cm³/mol. The Morgan fingerprint density at radius 1 is 1.19 bits per heavy atom. The first-order valence-corrected chi connectivity index (χ1v) is 6.50. The molecular formula is C15H12ClN3O2. The van der Waals surface area contributed by atoms with Gasteiger partial charge in [-0.2, -0.15) is 9.59 Å². The van der Waals surface area contributed by atoms with Crippen molar-refractivity contribution in [2.75, 3.05) is 0 Å². The molecule has 0 aliphatic heterocycles. The van der Waals surface area contributed by atoms with Crippen molar-refractivity contribution >= 4 is 28.7 Å². The molecule has 0 saturated heterocycles. The van der Waals surface area contributed by atoms with Crippen molar-refractivity contribution in [3.63, 3.8) is 0 Å². The highest BCUT2D eigenvalue weighted by atomic mass is 35.5. The van der Waals surface area contributed by atoms with E-state index in [1.165, 1.54) is 16.6 Å². The third kappa shape index (κ3) is 2.84. The van der Waals surface area contributed by atoms with E-state index < -0.39 is 0 Å². The molecule has 0 spiro atoms. The lowest BCUT2D eigenvalue weighted by Crippen LogP contribution is -1.92. The van der Waals surface area contributed by atoms with Gasteiger partial charge in [0.05, 0.1) is 5.69 Å². The van der Waals surface area contributed by atoms with E-state index in [9.17, 15) is 0 Å². The number of hydrogen-bond acceptors (Lipinski definition) is 4. The van der Waals surface area contributed by atoms with Gasteiger partial charge in [-0.1, -0.05) is 18.2 Å². The van der Waals surface area contributed by atoms with Crippen molar-refractivity contribution in [3.05, 3.63) is 47.5 Å². The average Bonchev–Trinajstić information content (AvgIpc) is 2.72. The van der Waals surface area contributed by atoms with Crippen molar-refractivity contribution < 1.29 is 9.59 Å². The highest BCUT2D eigenvalue weighted by Crippen LogP contribution is 2.32. The number of hydrogen-bond donors (Lipinski definition) is 0. The predicted octanol–water partition coefficient (Wildman–Crippen LogP) is 3.01. The summed E-state index contributed by atoms with van der Waals surface area (Å²) in [7, 11) is 2.06. The minimum absolute atomic E-state index is 0.250. The molecule has 1 aromatic carbocycles. The Hall–Kier alpha value is -2.49. The number of aryl methyl sites for hydroxylation is 1. The first-order valence-electron chi connectivity index (χ1n) is 6.12. The summed E-state index contributed by atoms with van der Waals surface area (Å²) in [4.78, 5) is 24.5. The van der Waals surface area contributed by atoms with Crippen LogP contribution in [0.4, 0.5) is 0 Å². The Bertz CT molecular complexity index is 821. The average molecular weight is 302 g/mol. The van der Waals surface area contributed by atoms with Crippen LogP contribution >= 0.6 is 11.6 Å². The highest BCUT2D eigenvalue weighted by molar-refractivity contribution is 6.28. The Morgan fingerprint density at radius 3 is 2.52 bits per heavy atom. The van der Waals surface area contributed by atoms with Crippen LogP contribution in [0.15, 0.2) is 36.5 Å². The molecule has 0 aliphatic rings. The maximum Gasteiger partial charge on any atom is 0.373 e. The zero-order chi connectivity index (χ0) is 15.4. The van der Waals surface area contributed by atoms with Crippen LogP contribution in [-0.2, 0) is 16.6 Å². The highest BCUT2D eigenvalue weighted by Gasteiger charge is 2.14. The molecule has 0 fully saturated rings. The third-order valence-electron chi connectivity index (χ3n) is 3.28. The molecule has 106 valence electrons. The van der Waals surface area contributed by atoms with Crippen LogP contribution in [0.5, 0.6) is 0 Å². The lowest BCUT2D eigenvalue weighted by Gasteiger charge is -2.02. The topological polar surface area (TPSA) is 64.8 Å². The maximum absolute atomic E-state index is 8.12. The van der Waals surface area contributed by atoms with Crippen LogP contribution in [0.25, 0.3) is 22.2 Å². The van der Waals surface area contributed by atoms with Gasteiger partial charge in [-0.3, -0.25) is 0 Å². The number of para-hydroxylation sites is 1. The monoisotopic (exact) mass is 301 g/mol. The molecule has 0 radical (unpaired) electrons. The van der Waals surface area contributed by atoms with Crippen LogP contribution in [0.3, 0.4) is 0 Å². The van der Waals surface area contributed by atoms with E-state index >= 15 is 0 Å². The fourth-order valence-corrected chi connectivity index (χ4v) is 2.47. The van der Waals surface area contributed by atoms with E-state index in [0.717, 1.165) is 11.3 Å². The van der Waals surface area contributed by atoms with Crippen molar-refractivity contribution in [3.8, 4) is 11.3 Å². The first-order chi connectivity index (χ1) is 10.1. The fraction of sp³-hybridized carbons (Fsp3) is 0.133. The van der Waals surface area contributed by atoms with Crippen LogP contribution in [-0.4, -0.2) is 20.7 Å². The number of rotatable bonds is 1. The summed E-state index contributed by atoms with van der Waals surface area (Å²) >= 11 is 5.88. The molecule has 0 amide bonds. The number of carbonyl (C=O) groups excluding carboxylic acids is 2. The molecule has 5 nitrogen and oxygen atoms in total. The molecular weight excluding hydrogens is 290 g/mol. The molecule has 21 heavy (non-hydrogen) atoms. The summed E-state index contributed by atoms with van der Waals surface area (Å²) < 4.78 is 2.17. The van der Waals surface area contributed by atoms with Gasteiger partial charge < -0.3 is 4.57 Å². The molecule has 0 bridgehead atoms. The van der Waals surface area contributed by atoms with Crippen molar-refractivity contribution in [1.29, 1.82) is 0 Å². The van der Waals surface area contributed by atoms with Gasteiger partial charge in [0.2, 0.25) is 5.28 Å². The SMILES string of the molecule is Cc1c(-c2ccnc(Cl)n2)c2ccccc2n1C.O=C=O. The Morgan fingerprint density at radius 2 is 1.86 bits per heavy atom. The van der Waals surface area contributed by atoms with Crippen molar-refractivity contribution in [1.82, 2.24) is 14.5 Å². The van der Waals surface area contributed by atoms with Gasteiger partial charge >= 0.3 is 6.15 Å². The van der Waals surface area contributed by atoms with Gasteiger partial charge in [0.25, 0.3) is 0 Å². The van der Waals surface area contributed by atoms with Crippen molar-refractivity contribution in [2.45, 2.75) is 6.92 Å². The molecule has 0 atom stereocenters. The molecule has 0 N–H and O–H groups in total. The summed E-state index contributed by atoms with van der Waals surface area (Å²) in [5.74, 6) is 0. The minimum atomic E-state index is 0.250. The molecule has 0 aliphatic carbocycles. The Labute approximate surface area is 126 Å². The van der Waals surface area contributed by atoms with E-state index in [1.54, 1.807) is 6.20 Å². The molecule has 3 aromatic rings. The summed E-state index contributed by atoms with van der Waals surface area (Å²) in [6.07, 6.45) is 1.94. The molecule has 0 saturated carbocycles. The smallest absolute Gasteiger partial charge is 0.347 e. The molecule has 0 unspecified atom stereocenters. The van der Waals surface area contributed by atoms with Gasteiger partial charge in [-0.25, -0.2) is 9.97 Å². The second-order valence-corrected chi connectivity index (χ2v) is 4.67. The number of aromatic nitrogens is 3. The fourth-order valence-electron chi connectivity index (χ4n) is 2.32. The number of nitrogens with zero attached hydrogens (tertiary/aromatic N) is 3. The Balaban J connectivity index is 0.000000497. The first kappa shape index (κ1) is 14.9.